The Labute approximate surface area is 260 Å². The average molecular weight is 1140 g/mol. The highest BCUT2D eigenvalue weighted by molar-refractivity contribution is 14.1. The van der Waals surface area contributed by atoms with E-state index < -0.39 is 26.2 Å². The maximum Gasteiger partial charge on any atom is 0.340 e. The van der Waals surface area contributed by atoms with Gasteiger partial charge in [0.1, 0.15) is 15.5 Å². The van der Waals surface area contributed by atoms with Crippen molar-refractivity contribution in [1.29, 1.82) is 0 Å². The van der Waals surface area contributed by atoms with Gasteiger partial charge in [0, 0.05) is 23.4 Å². The van der Waals surface area contributed by atoms with Crippen LogP contribution in [0.4, 0.5) is 0 Å². The van der Waals surface area contributed by atoms with E-state index in [0.29, 0.717) is 10.7 Å². The van der Waals surface area contributed by atoms with Gasteiger partial charge in [-0.25, -0.2) is 0 Å². The van der Waals surface area contributed by atoms with Crippen LogP contribution in [0.25, 0.3) is 0 Å². The molecule has 0 atom stereocenters. The number of ether oxygens (including phenoxy) is 1. The van der Waals surface area contributed by atoms with E-state index in [4.69, 9.17) is 8.92 Å². The normalized spacial score (nSPS) is 12.0. The third kappa shape index (κ3) is 6.79. The zero-order valence-corrected chi connectivity index (χ0v) is 29.3. The summed E-state index contributed by atoms with van der Waals surface area (Å²) in [6.07, 6.45) is -0.271. The largest absolute Gasteiger partial charge is 0.469 e. The van der Waals surface area contributed by atoms with Gasteiger partial charge in [0.15, 0.2) is 0 Å². The molecule has 0 spiro atoms. The van der Waals surface area contributed by atoms with E-state index in [0.717, 1.165) is 3.57 Å². The SMILES string of the molecule is COC(=O)Cc1c(I)c(I)c(I)c(I)c1S(=O)(=O)Oc1cc(I)c(S(=O)(=O)O)c(I)c1. The fraction of sp³-hybridized carbons (Fsp3) is 0.133. The lowest BCUT2D eigenvalue weighted by molar-refractivity contribution is -0.139. The van der Waals surface area contributed by atoms with Gasteiger partial charge in [0.2, 0.25) is 0 Å². The number of rotatable bonds is 6. The fourth-order valence-electron chi connectivity index (χ4n) is 2.29. The molecule has 170 valence electrons. The summed E-state index contributed by atoms with van der Waals surface area (Å²) in [5, 5.41) is 0. The van der Waals surface area contributed by atoms with E-state index in [1.807, 2.05) is 67.8 Å². The van der Waals surface area contributed by atoms with Crippen LogP contribution in [0.1, 0.15) is 5.56 Å². The number of esters is 1. The van der Waals surface area contributed by atoms with Gasteiger partial charge >= 0.3 is 16.1 Å². The molecule has 0 bridgehead atoms. The highest BCUT2D eigenvalue weighted by Crippen LogP contribution is 2.38. The second-order valence-electron chi connectivity index (χ2n) is 5.55. The highest BCUT2D eigenvalue weighted by atomic mass is 127. The van der Waals surface area contributed by atoms with E-state index in [-0.39, 0.29) is 34.7 Å². The van der Waals surface area contributed by atoms with Crippen molar-refractivity contribution in [3.05, 3.63) is 39.1 Å². The van der Waals surface area contributed by atoms with Crippen LogP contribution in [0.15, 0.2) is 21.9 Å². The molecule has 0 unspecified atom stereocenters. The standard InChI is InChI=1S/C15H8I6O8S2/c1-28-9(22)4-6-10(18)11(19)12(20)13(21)14(6)31(26,27)29-5-2-7(16)15(8(17)3-5)30(23,24)25/h2-3H,4H2,1H3,(H,23,24,25). The van der Waals surface area contributed by atoms with Crippen LogP contribution >= 0.6 is 136 Å². The molecule has 0 aliphatic heterocycles. The van der Waals surface area contributed by atoms with E-state index in [1.165, 1.54) is 19.2 Å². The first-order valence-electron chi connectivity index (χ1n) is 7.44. The van der Waals surface area contributed by atoms with Gasteiger partial charge in [-0.1, -0.05) is 0 Å². The molecule has 0 saturated heterocycles. The minimum atomic E-state index is -4.50. The van der Waals surface area contributed by atoms with E-state index in [9.17, 15) is 26.2 Å². The maximum absolute atomic E-state index is 13.3. The molecule has 2 aromatic carbocycles. The van der Waals surface area contributed by atoms with Crippen molar-refractivity contribution in [2.24, 2.45) is 0 Å². The van der Waals surface area contributed by atoms with Crippen LogP contribution in [-0.2, 0) is 36.2 Å². The summed E-state index contributed by atoms with van der Waals surface area (Å²) in [7, 11) is -7.71. The van der Waals surface area contributed by atoms with E-state index in [2.05, 4.69) is 22.6 Å². The Kier molecular flexibility index (Phi) is 10.7. The first-order valence-corrected chi connectivity index (χ1v) is 16.8. The van der Waals surface area contributed by atoms with Crippen molar-refractivity contribution < 1.29 is 35.1 Å². The van der Waals surface area contributed by atoms with Crippen LogP contribution in [0.2, 0.25) is 0 Å². The van der Waals surface area contributed by atoms with E-state index >= 15 is 0 Å². The van der Waals surface area contributed by atoms with Crippen molar-refractivity contribution >= 4 is 162 Å². The highest BCUT2D eigenvalue weighted by Gasteiger charge is 2.31. The molecule has 0 aromatic heterocycles. The van der Waals surface area contributed by atoms with Crippen molar-refractivity contribution in [3.8, 4) is 5.75 Å². The van der Waals surface area contributed by atoms with Gasteiger partial charge in [-0.15, -0.1) is 0 Å². The number of halogens is 6. The summed E-state index contributed by atoms with van der Waals surface area (Å²) < 4.78 is 71.7. The summed E-state index contributed by atoms with van der Waals surface area (Å²) in [6.45, 7) is 0. The molecule has 0 fully saturated rings. The predicted molar refractivity (Wildman–Crippen MR) is 163 cm³/mol. The minimum absolute atomic E-state index is 0.0912. The van der Waals surface area contributed by atoms with Gasteiger partial charge in [-0.3, -0.25) is 9.35 Å². The summed E-state index contributed by atoms with van der Waals surface area (Å²) in [6, 6.07) is 2.39. The molecule has 0 amide bonds. The Morgan fingerprint density at radius 2 is 1.35 bits per heavy atom. The van der Waals surface area contributed by atoms with Crippen molar-refractivity contribution in [2.45, 2.75) is 16.2 Å². The summed E-state index contributed by atoms with van der Waals surface area (Å²) >= 11 is 11.3. The molecular formula is C15H8I6O8S2. The molecule has 0 aliphatic rings. The first-order chi connectivity index (χ1) is 14.1. The van der Waals surface area contributed by atoms with Crippen molar-refractivity contribution in [3.63, 3.8) is 0 Å². The smallest absolute Gasteiger partial charge is 0.340 e. The molecule has 31 heavy (non-hydrogen) atoms. The molecular weight excluding hydrogens is 1130 g/mol. The predicted octanol–water partition coefficient (Wildman–Crippen LogP) is 5.04. The Morgan fingerprint density at radius 3 is 1.81 bits per heavy atom. The third-order valence-electron chi connectivity index (χ3n) is 3.55. The number of methoxy groups -OCH3 is 1. The Morgan fingerprint density at radius 1 is 0.871 bits per heavy atom. The average Bonchev–Trinajstić information content (AvgIpc) is 2.61. The van der Waals surface area contributed by atoms with Crippen molar-refractivity contribution in [1.82, 2.24) is 0 Å². The number of hydrogen-bond acceptors (Lipinski definition) is 7. The number of carbonyl (C=O) groups excluding carboxylic acids is 1. The van der Waals surface area contributed by atoms with Gasteiger partial charge in [-0.05, 0) is 148 Å². The third-order valence-corrected chi connectivity index (χ3v) is 16.2. The lowest BCUT2D eigenvalue weighted by Gasteiger charge is -2.18. The second-order valence-corrected chi connectivity index (χ2v) is 15.0. The summed E-state index contributed by atoms with van der Waals surface area (Å²) in [5.41, 5.74) is 0.251. The number of hydrogen-bond donors (Lipinski definition) is 1. The number of benzene rings is 2. The van der Waals surface area contributed by atoms with Crippen LogP contribution in [0.5, 0.6) is 5.75 Å². The fourth-order valence-corrected chi connectivity index (χ4v) is 12.2. The van der Waals surface area contributed by atoms with Crippen LogP contribution < -0.4 is 4.18 Å². The Hall–Kier alpha value is 1.95. The molecule has 16 heteroatoms. The van der Waals surface area contributed by atoms with Gasteiger partial charge < -0.3 is 8.92 Å². The molecule has 0 aliphatic carbocycles. The lowest BCUT2D eigenvalue weighted by atomic mass is 10.1. The maximum atomic E-state index is 13.3. The molecule has 0 saturated carbocycles. The first kappa shape index (κ1) is 29.2. The zero-order valence-electron chi connectivity index (χ0n) is 14.8. The number of carbonyl (C=O) groups is 1. The van der Waals surface area contributed by atoms with Crippen molar-refractivity contribution in [2.75, 3.05) is 7.11 Å². The summed E-state index contributed by atoms with van der Waals surface area (Å²) in [4.78, 5) is 11.5. The molecule has 2 rings (SSSR count). The van der Waals surface area contributed by atoms with Gasteiger partial charge in [0.05, 0.1) is 17.1 Å². The molecule has 0 heterocycles. The van der Waals surface area contributed by atoms with Crippen LogP contribution in [-0.4, -0.2) is 34.5 Å². The minimum Gasteiger partial charge on any atom is -0.469 e. The van der Waals surface area contributed by atoms with Gasteiger partial charge in [-0.2, -0.15) is 16.8 Å². The molecule has 8 nitrogen and oxygen atoms in total. The molecule has 2 aromatic rings. The quantitative estimate of drug-likeness (QED) is 0.107. The van der Waals surface area contributed by atoms with E-state index in [1.54, 1.807) is 45.2 Å². The second kappa shape index (κ2) is 11.3. The van der Waals surface area contributed by atoms with Crippen LogP contribution in [0, 0.1) is 21.4 Å². The Balaban J connectivity index is 2.70. The Bertz CT molecular complexity index is 1270. The summed E-state index contributed by atoms with van der Waals surface area (Å²) in [5.74, 6) is -0.742. The molecule has 0 radical (unpaired) electrons. The zero-order chi connectivity index (χ0) is 23.9. The lowest BCUT2D eigenvalue weighted by Crippen LogP contribution is -2.19. The van der Waals surface area contributed by atoms with Gasteiger partial charge in [0.25, 0.3) is 10.1 Å². The monoisotopic (exact) mass is 1140 g/mol. The topological polar surface area (TPSA) is 124 Å². The van der Waals surface area contributed by atoms with Crippen LogP contribution in [0.3, 0.4) is 0 Å². The molecule has 1 N–H and O–H groups in total.